The van der Waals surface area contributed by atoms with Gasteiger partial charge in [0, 0.05) is 5.92 Å². The van der Waals surface area contributed by atoms with Crippen LogP contribution in [-0.2, 0) is 21.5 Å². The predicted octanol–water partition coefficient (Wildman–Crippen LogP) is 4.43. The minimum Gasteiger partial charge on any atom is -0.508 e. The maximum absolute atomic E-state index is 15.1. The van der Waals surface area contributed by atoms with Crippen molar-refractivity contribution in [1.29, 1.82) is 0 Å². The van der Waals surface area contributed by atoms with Crippen molar-refractivity contribution in [2.45, 2.75) is 37.3 Å². The number of benzene rings is 4. The summed E-state index contributed by atoms with van der Waals surface area (Å²) in [4.78, 5) is 57.6. The molecule has 1 saturated carbocycles. The number of carbonyl (C=O) groups is 2. The third-order valence-electron chi connectivity index (χ3n) is 9.87. The smallest absolute Gasteiger partial charge is 0.352 e. The van der Waals surface area contributed by atoms with Crippen molar-refractivity contribution < 1.29 is 14.7 Å². The summed E-state index contributed by atoms with van der Waals surface area (Å²) < 4.78 is 4.00. The lowest BCUT2D eigenvalue weighted by Gasteiger charge is -2.49. The molecule has 0 bridgehead atoms. The largest absolute Gasteiger partial charge is 0.508 e. The molecule has 2 aliphatic heterocycles. The summed E-state index contributed by atoms with van der Waals surface area (Å²) in [5, 5.41) is 11.8. The highest BCUT2D eigenvalue weighted by Gasteiger charge is 2.68. The Kier molecular flexibility index (Phi) is 6.43. The van der Waals surface area contributed by atoms with Crippen LogP contribution in [0.5, 0.6) is 5.75 Å². The van der Waals surface area contributed by atoms with Gasteiger partial charge in [-0.2, -0.15) is 5.01 Å². The zero-order valence-corrected chi connectivity index (χ0v) is 25.5. The van der Waals surface area contributed by atoms with Crippen LogP contribution >= 0.6 is 0 Å². The number of hydrazine groups is 1. The van der Waals surface area contributed by atoms with E-state index in [0.29, 0.717) is 22.5 Å². The highest BCUT2D eigenvalue weighted by molar-refractivity contribution is 6.12. The number of phenols is 1. The lowest BCUT2D eigenvalue weighted by molar-refractivity contribution is -0.138. The first-order valence-corrected chi connectivity index (χ1v) is 15.6. The van der Waals surface area contributed by atoms with Crippen molar-refractivity contribution in [3.8, 4) is 11.4 Å². The topological polar surface area (TPSA) is 119 Å². The van der Waals surface area contributed by atoms with Crippen LogP contribution in [0.25, 0.3) is 5.69 Å². The van der Waals surface area contributed by atoms with Crippen LogP contribution in [0.15, 0.2) is 130 Å². The summed E-state index contributed by atoms with van der Waals surface area (Å²) in [5.74, 6) is -2.52. The second-order valence-corrected chi connectivity index (χ2v) is 12.4. The number of nitrogens with zero attached hydrogens (tertiary/aromatic N) is 4. The zero-order chi connectivity index (χ0) is 32.4. The molecular formula is C37H31N5O5. The van der Waals surface area contributed by atoms with Crippen LogP contribution in [0, 0.1) is 12.8 Å². The molecule has 8 rings (SSSR count). The van der Waals surface area contributed by atoms with Gasteiger partial charge in [-0.05, 0) is 66.4 Å². The standard InChI is InChI=1S/C37H31N5O5/c1-23-15-17-26(18-16-23)38-41-33(44)30-22-31-29(19-20-39-35(46)40(36(47)42(31)39)27-12-6-3-7-13-27)32(24-9-8-14-28(43)21-24)37(30,34(41)45)25-10-4-2-5-11-25/h2-19,21,30-32,38,43H,20,22H2,1H3/t30-,31+,32-,37+/m0/s1. The number of phenolic OH excluding ortho intramolecular Hbond substituents is 1. The Hall–Kier alpha value is -5.90. The molecular weight excluding hydrogens is 594 g/mol. The first kappa shape index (κ1) is 28.6. The van der Waals surface area contributed by atoms with Crippen molar-refractivity contribution in [3.63, 3.8) is 0 Å². The van der Waals surface area contributed by atoms with Gasteiger partial charge in [-0.1, -0.05) is 84.4 Å². The summed E-state index contributed by atoms with van der Waals surface area (Å²) in [7, 11) is 0. The number of hydrogen-bond donors (Lipinski definition) is 2. The second kappa shape index (κ2) is 10.6. The highest BCUT2D eigenvalue weighted by atomic mass is 16.3. The Morgan fingerprint density at radius 3 is 2.21 bits per heavy atom. The van der Waals surface area contributed by atoms with E-state index >= 15 is 4.79 Å². The number of nitrogens with one attached hydrogen (secondary N) is 1. The number of fused-ring (bicyclic) bond motifs is 4. The van der Waals surface area contributed by atoms with E-state index < -0.39 is 46.5 Å². The van der Waals surface area contributed by atoms with Crippen LogP contribution in [0.3, 0.4) is 0 Å². The summed E-state index contributed by atoms with van der Waals surface area (Å²) in [6.45, 7) is 2.05. The fourth-order valence-electron chi connectivity index (χ4n) is 7.89. The first-order valence-electron chi connectivity index (χ1n) is 15.6. The summed E-state index contributed by atoms with van der Waals surface area (Å²) in [6, 6.07) is 31.4. The molecule has 0 unspecified atom stereocenters. The monoisotopic (exact) mass is 625 g/mol. The predicted molar refractivity (Wildman–Crippen MR) is 175 cm³/mol. The van der Waals surface area contributed by atoms with E-state index in [1.807, 2.05) is 79.7 Å². The van der Waals surface area contributed by atoms with Gasteiger partial charge >= 0.3 is 11.4 Å². The number of imide groups is 1. The molecule has 4 aromatic carbocycles. The fourth-order valence-corrected chi connectivity index (χ4v) is 7.89. The van der Waals surface area contributed by atoms with Gasteiger partial charge in [0.2, 0.25) is 0 Å². The summed E-state index contributed by atoms with van der Waals surface area (Å²) in [6.07, 6.45) is 2.01. The van der Waals surface area contributed by atoms with Crippen molar-refractivity contribution >= 4 is 17.5 Å². The molecule has 2 amide bonds. The molecule has 5 aromatic rings. The van der Waals surface area contributed by atoms with E-state index in [2.05, 4.69) is 5.43 Å². The van der Waals surface area contributed by atoms with Gasteiger partial charge in [0.05, 0.1) is 35.3 Å². The van der Waals surface area contributed by atoms with Crippen molar-refractivity contribution in [2.24, 2.45) is 5.92 Å². The minimum atomic E-state index is -1.42. The minimum absolute atomic E-state index is 0.0107. The molecule has 3 heterocycles. The molecule has 1 saturated heterocycles. The average molecular weight is 626 g/mol. The number of anilines is 1. The van der Waals surface area contributed by atoms with E-state index in [4.69, 9.17) is 0 Å². The first-order chi connectivity index (χ1) is 22.8. The third kappa shape index (κ3) is 4.10. The van der Waals surface area contributed by atoms with Gasteiger partial charge < -0.3 is 5.11 Å². The summed E-state index contributed by atoms with van der Waals surface area (Å²) in [5.41, 5.74) is 4.73. The van der Waals surface area contributed by atoms with Crippen LogP contribution in [0.2, 0.25) is 0 Å². The Labute approximate surface area is 269 Å². The maximum Gasteiger partial charge on any atom is 0.352 e. The number of aromatic hydroxyl groups is 1. The number of carbonyl (C=O) groups excluding carboxylic acids is 2. The van der Waals surface area contributed by atoms with Gasteiger partial charge in [0.15, 0.2) is 0 Å². The highest BCUT2D eigenvalue weighted by Crippen LogP contribution is 2.61. The van der Waals surface area contributed by atoms with E-state index in [9.17, 15) is 19.5 Å². The van der Waals surface area contributed by atoms with Crippen LogP contribution < -0.4 is 16.8 Å². The number of amides is 2. The molecule has 47 heavy (non-hydrogen) atoms. The van der Waals surface area contributed by atoms with Gasteiger partial charge in [-0.3, -0.25) is 15.0 Å². The SMILES string of the molecule is Cc1ccc(NN2C(=O)[C@@H]3C[C@@H]4C(=CCn5c(=O)n(-c6ccccc6)c(=O)n54)[C@H](c4cccc(O)c4)[C@]3(c3ccccc3)C2=O)cc1. The van der Waals surface area contributed by atoms with Crippen LogP contribution in [0.1, 0.15) is 35.1 Å². The van der Waals surface area contributed by atoms with Gasteiger partial charge in [-0.25, -0.2) is 23.5 Å². The average Bonchev–Trinajstić information content (AvgIpc) is 3.47. The summed E-state index contributed by atoms with van der Waals surface area (Å²) >= 11 is 0. The van der Waals surface area contributed by atoms with E-state index in [1.165, 1.54) is 9.36 Å². The lowest BCUT2D eigenvalue weighted by atomic mass is 9.53. The van der Waals surface area contributed by atoms with Crippen molar-refractivity contribution in [1.82, 2.24) is 18.9 Å². The molecule has 4 atom stereocenters. The molecule has 2 fully saturated rings. The Bertz CT molecular complexity index is 2200. The zero-order valence-electron chi connectivity index (χ0n) is 25.5. The third-order valence-corrected chi connectivity index (χ3v) is 9.87. The molecule has 234 valence electrons. The number of para-hydroxylation sites is 1. The van der Waals surface area contributed by atoms with Gasteiger partial charge in [0.1, 0.15) is 5.75 Å². The molecule has 10 nitrogen and oxygen atoms in total. The quantitative estimate of drug-likeness (QED) is 0.220. The molecule has 1 aromatic heterocycles. The molecule has 10 heteroatoms. The second-order valence-electron chi connectivity index (χ2n) is 12.4. The molecule has 0 spiro atoms. The lowest BCUT2D eigenvalue weighted by Crippen LogP contribution is -2.53. The fraction of sp³-hybridized carbons (Fsp3) is 0.189. The Morgan fingerprint density at radius 2 is 1.51 bits per heavy atom. The van der Waals surface area contributed by atoms with Gasteiger partial charge in [0.25, 0.3) is 11.8 Å². The van der Waals surface area contributed by atoms with Crippen molar-refractivity contribution in [3.05, 3.63) is 159 Å². The van der Waals surface area contributed by atoms with Crippen molar-refractivity contribution in [2.75, 3.05) is 5.43 Å². The molecule has 1 aliphatic carbocycles. The van der Waals surface area contributed by atoms with E-state index in [0.717, 1.165) is 20.7 Å². The molecule has 0 radical (unpaired) electrons. The number of rotatable bonds is 5. The number of allylic oxidation sites excluding steroid dienone is 2. The Morgan fingerprint density at radius 1 is 0.809 bits per heavy atom. The Balaban J connectivity index is 1.37. The maximum atomic E-state index is 15.1. The van der Waals surface area contributed by atoms with Gasteiger partial charge in [-0.15, -0.1) is 0 Å². The molecule has 2 N–H and O–H groups in total. The number of aromatic nitrogens is 3. The molecule has 3 aliphatic rings. The number of hydrogen-bond acceptors (Lipinski definition) is 6. The normalized spacial score (nSPS) is 23.1. The van der Waals surface area contributed by atoms with E-state index in [1.54, 1.807) is 42.5 Å². The van der Waals surface area contributed by atoms with E-state index in [-0.39, 0.29) is 18.7 Å². The number of aryl methyl sites for hydroxylation is 1. The van der Waals surface area contributed by atoms with Crippen LogP contribution in [-0.4, -0.2) is 35.9 Å². The van der Waals surface area contributed by atoms with Crippen LogP contribution in [0.4, 0.5) is 5.69 Å².